The van der Waals surface area contributed by atoms with Gasteiger partial charge in [0.15, 0.2) is 9.84 Å². The van der Waals surface area contributed by atoms with Crippen LogP contribution < -0.4 is 10.6 Å². The number of aromatic nitrogens is 4. The Balaban J connectivity index is 1.70. The van der Waals surface area contributed by atoms with E-state index in [0.717, 1.165) is 39.0 Å². The quantitative estimate of drug-likeness (QED) is 0.456. The molecule has 0 saturated carbocycles. The van der Waals surface area contributed by atoms with Gasteiger partial charge in [-0.15, -0.1) is 0 Å². The SMILES string of the molecule is Cc1n[nH]c2cc(N(C)c3nc(N)ncc3-c3ccc(CS(=O)(=O)C(C)C)cc3)ccc12. The Morgan fingerprint density at radius 3 is 2.53 bits per heavy atom. The first-order chi connectivity index (χ1) is 15.2. The number of nitrogens with two attached hydrogens (primary N) is 1. The molecule has 8 nitrogen and oxygen atoms in total. The monoisotopic (exact) mass is 450 g/mol. The largest absolute Gasteiger partial charge is 0.368 e. The van der Waals surface area contributed by atoms with E-state index >= 15 is 0 Å². The maximum atomic E-state index is 12.2. The van der Waals surface area contributed by atoms with E-state index in [1.165, 1.54) is 0 Å². The van der Waals surface area contributed by atoms with Gasteiger partial charge in [-0.2, -0.15) is 10.1 Å². The van der Waals surface area contributed by atoms with Crippen molar-refractivity contribution < 1.29 is 8.42 Å². The zero-order chi connectivity index (χ0) is 23.0. The van der Waals surface area contributed by atoms with Crippen molar-refractivity contribution in [2.75, 3.05) is 17.7 Å². The van der Waals surface area contributed by atoms with E-state index in [2.05, 4.69) is 20.2 Å². The topological polar surface area (TPSA) is 118 Å². The van der Waals surface area contributed by atoms with Crippen molar-refractivity contribution in [3.05, 3.63) is 59.9 Å². The molecule has 0 aliphatic carbocycles. The zero-order valence-electron chi connectivity index (χ0n) is 18.5. The number of hydrogen-bond acceptors (Lipinski definition) is 7. The summed E-state index contributed by atoms with van der Waals surface area (Å²) in [6, 6.07) is 13.5. The van der Waals surface area contributed by atoms with Gasteiger partial charge in [-0.3, -0.25) is 5.10 Å². The molecule has 2 aromatic heterocycles. The summed E-state index contributed by atoms with van der Waals surface area (Å²) in [7, 11) is -1.25. The van der Waals surface area contributed by atoms with E-state index in [9.17, 15) is 8.42 Å². The molecule has 4 aromatic rings. The molecule has 32 heavy (non-hydrogen) atoms. The van der Waals surface area contributed by atoms with Gasteiger partial charge in [0, 0.05) is 29.9 Å². The van der Waals surface area contributed by atoms with Gasteiger partial charge < -0.3 is 10.6 Å². The maximum absolute atomic E-state index is 12.2. The maximum Gasteiger partial charge on any atom is 0.221 e. The van der Waals surface area contributed by atoms with Gasteiger partial charge in [0.1, 0.15) is 5.82 Å². The van der Waals surface area contributed by atoms with Gasteiger partial charge in [0.05, 0.1) is 22.2 Å². The van der Waals surface area contributed by atoms with E-state index in [4.69, 9.17) is 5.73 Å². The lowest BCUT2D eigenvalue weighted by molar-refractivity contribution is 0.586. The third-order valence-corrected chi connectivity index (χ3v) is 7.75. The molecule has 166 valence electrons. The predicted molar refractivity (Wildman–Crippen MR) is 129 cm³/mol. The first kappa shape index (κ1) is 21.8. The summed E-state index contributed by atoms with van der Waals surface area (Å²) in [6.45, 7) is 5.35. The summed E-state index contributed by atoms with van der Waals surface area (Å²) < 4.78 is 24.5. The molecule has 0 bridgehead atoms. The van der Waals surface area contributed by atoms with Gasteiger partial charge in [0.2, 0.25) is 5.95 Å². The van der Waals surface area contributed by atoms with Gasteiger partial charge in [-0.25, -0.2) is 13.4 Å². The molecule has 0 fully saturated rings. The lowest BCUT2D eigenvalue weighted by Crippen LogP contribution is -2.16. The Morgan fingerprint density at radius 1 is 1.12 bits per heavy atom. The molecule has 9 heteroatoms. The standard InChI is InChI=1S/C23H26N6O2S/c1-14(2)32(30,31)13-16-5-7-17(8-6-16)20-12-25-23(24)26-22(20)29(4)18-9-10-19-15(3)27-28-21(19)11-18/h5-12,14H,13H2,1-4H3,(H,27,28)(H2,24,25,26). The number of fused-ring (bicyclic) bond motifs is 1. The summed E-state index contributed by atoms with van der Waals surface area (Å²) >= 11 is 0. The average molecular weight is 451 g/mol. The van der Waals surface area contributed by atoms with Crippen LogP contribution in [0.1, 0.15) is 25.1 Å². The minimum atomic E-state index is -3.17. The molecule has 0 aliphatic heterocycles. The van der Waals surface area contributed by atoms with Gasteiger partial charge in [-0.1, -0.05) is 24.3 Å². The summed E-state index contributed by atoms with van der Waals surface area (Å²) in [5.41, 5.74) is 11.1. The molecular weight excluding hydrogens is 424 g/mol. The molecule has 0 radical (unpaired) electrons. The van der Waals surface area contributed by atoms with E-state index in [1.54, 1.807) is 20.0 Å². The number of hydrogen-bond donors (Lipinski definition) is 2. The molecule has 0 aliphatic rings. The van der Waals surface area contributed by atoms with Crippen LogP contribution in [0.4, 0.5) is 17.5 Å². The van der Waals surface area contributed by atoms with Crippen molar-refractivity contribution in [2.24, 2.45) is 0 Å². The number of anilines is 3. The number of sulfone groups is 1. The number of aromatic amines is 1. The highest BCUT2D eigenvalue weighted by molar-refractivity contribution is 7.91. The Labute approximate surface area is 187 Å². The van der Waals surface area contributed by atoms with Gasteiger partial charge >= 0.3 is 0 Å². The van der Waals surface area contributed by atoms with Crippen molar-refractivity contribution in [3.8, 4) is 11.1 Å². The molecule has 3 N–H and O–H groups in total. The van der Waals surface area contributed by atoms with Crippen LogP contribution in [0.5, 0.6) is 0 Å². The van der Waals surface area contributed by atoms with Crippen LogP contribution in [-0.2, 0) is 15.6 Å². The fraction of sp³-hybridized carbons (Fsp3) is 0.261. The molecule has 2 aromatic carbocycles. The number of benzene rings is 2. The van der Waals surface area contributed by atoms with Crippen molar-refractivity contribution in [1.82, 2.24) is 20.2 Å². The first-order valence-corrected chi connectivity index (χ1v) is 12.0. The Bertz CT molecular complexity index is 1380. The van der Waals surface area contributed by atoms with Crippen LogP contribution in [0.15, 0.2) is 48.7 Å². The zero-order valence-corrected chi connectivity index (χ0v) is 19.3. The third-order valence-electron chi connectivity index (χ3n) is 5.58. The predicted octanol–water partition coefficient (Wildman–Crippen LogP) is 4.00. The van der Waals surface area contributed by atoms with Gasteiger partial charge in [0.25, 0.3) is 0 Å². The van der Waals surface area contributed by atoms with Crippen molar-refractivity contribution in [2.45, 2.75) is 31.8 Å². The van der Waals surface area contributed by atoms with E-state index < -0.39 is 15.1 Å². The highest BCUT2D eigenvalue weighted by Crippen LogP contribution is 2.34. The summed E-state index contributed by atoms with van der Waals surface area (Å²) in [5.74, 6) is 0.837. The minimum Gasteiger partial charge on any atom is -0.368 e. The number of H-pyrrole nitrogens is 1. The van der Waals surface area contributed by atoms with Gasteiger partial charge in [-0.05, 0) is 50.1 Å². The Morgan fingerprint density at radius 2 is 1.84 bits per heavy atom. The first-order valence-electron chi connectivity index (χ1n) is 10.3. The molecule has 0 atom stereocenters. The normalized spacial score (nSPS) is 11.9. The molecule has 2 heterocycles. The Hall–Kier alpha value is -3.46. The van der Waals surface area contributed by atoms with Crippen LogP contribution in [0, 0.1) is 6.92 Å². The third kappa shape index (κ3) is 4.16. The second-order valence-electron chi connectivity index (χ2n) is 8.12. The van der Waals surface area contributed by atoms with Crippen molar-refractivity contribution in [3.63, 3.8) is 0 Å². The molecular formula is C23H26N6O2S. The van der Waals surface area contributed by atoms with E-state index in [1.807, 2.05) is 61.3 Å². The van der Waals surface area contributed by atoms with E-state index in [0.29, 0.717) is 5.82 Å². The van der Waals surface area contributed by atoms with E-state index in [-0.39, 0.29) is 11.7 Å². The molecule has 0 amide bonds. The lowest BCUT2D eigenvalue weighted by Gasteiger charge is -2.22. The summed E-state index contributed by atoms with van der Waals surface area (Å²) in [5, 5.41) is 7.96. The fourth-order valence-electron chi connectivity index (χ4n) is 3.50. The van der Waals surface area contributed by atoms with Crippen molar-refractivity contribution in [1.29, 1.82) is 0 Å². The van der Waals surface area contributed by atoms with Crippen LogP contribution in [0.25, 0.3) is 22.0 Å². The van der Waals surface area contributed by atoms with Crippen LogP contribution in [0.2, 0.25) is 0 Å². The average Bonchev–Trinajstić information content (AvgIpc) is 3.13. The number of rotatable bonds is 6. The fourth-order valence-corrected chi connectivity index (χ4v) is 4.49. The number of nitrogens with zero attached hydrogens (tertiary/aromatic N) is 4. The molecule has 0 saturated heterocycles. The molecule has 0 unspecified atom stereocenters. The summed E-state index contributed by atoms with van der Waals surface area (Å²) in [4.78, 5) is 10.6. The number of nitrogens with one attached hydrogen (secondary N) is 1. The smallest absolute Gasteiger partial charge is 0.221 e. The summed E-state index contributed by atoms with van der Waals surface area (Å²) in [6.07, 6.45) is 1.69. The van der Waals surface area contributed by atoms with Crippen LogP contribution in [0.3, 0.4) is 0 Å². The number of aryl methyl sites for hydroxylation is 1. The number of nitrogen functional groups attached to an aromatic ring is 1. The highest BCUT2D eigenvalue weighted by atomic mass is 32.2. The molecule has 0 spiro atoms. The lowest BCUT2D eigenvalue weighted by atomic mass is 10.1. The van der Waals surface area contributed by atoms with Crippen molar-refractivity contribution >= 4 is 38.2 Å². The Kier molecular flexibility index (Phi) is 5.60. The second-order valence-corrected chi connectivity index (χ2v) is 10.7. The minimum absolute atomic E-state index is 0.0135. The highest BCUT2D eigenvalue weighted by Gasteiger charge is 2.18. The molecule has 4 rings (SSSR count). The second kappa shape index (κ2) is 8.23. The van der Waals surface area contributed by atoms with Crippen LogP contribution in [-0.4, -0.2) is 40.9 Å². The van der Waals surface area contributed by atoms with Crippen LogP contribution >= 0.6 is 0 Å².